The van der Waals surface area contributed by atoms with E-state index >= 15 is 0 Å². The molecule has 1 aromatic carbocycles. The van der Waals surface area contributed by atoms with E-state index in [1.165, 1.54) is 41.9 Å². The van der Waals surface area contributed by atoms with Gasteiger partial charge in [0.15, 0.2) is 12.4 Å². The van der Waals surface area contributed by atoms with Gasteiger partial charge >= 0.3 is 12.1 Å². The Balaban J connectivity index is 1.64. The number of benzene rings is 1. The molecule has 34 heavy (non-hydrogen) atoms. The molecule has 0 radical (unpaired) electrons. The van der Waals surface area contributed by atoms with Crippen LogP contribution in [-0.4, -0.2) is 48.6 Å². The van der Waals surface area contributed by atoms with Crippen molar-refractivity contribution in [3.05, 3.63) is 47.7 Å². The third-order valence-electron chi connectivity index (χ3n) is 5.32. The maximum absolute atomic E-state index is 13.4. The van der Waals surface area contributed by atoms with E-state index in [0.29, 0.717) is 25.1 Å². The molecule has 2 heterocycles. The first-order valence-corrected chi connectivity index (χ1v) is 11.7. The summed E-state index contributed by atoms with van der Waals surface area (Å²) in [6.45, 7) is 1.19. The van der Waals surface area contributed by atoms with Crippen molar-refractivity contribution in [2.45, 2.75) is 30.8 Å². The van der Waals surface area contributed by atoms with Gasteiger partial charge in [-0.2, -0.15) is 13.2 Å². The lowest BCUT2D eigenvalue weighted by atomic mass is 9.97. The van der Waals surface area contributed by atoms with Gasteiger partial charge in [-0.25, -0.2) is 4.98 Å². The van der Waals surface area contributed by atoms with Crippen molar-refractivity contribution < 1.29 is 32.3 Å². The Morgan fingerprint density at radius 1 is 1.26 bits per heavy atom. The maximum Gasteiger partial charge on any atom is 0.419 e. The minimum Gasteiger partial charge on any atom is -0.457 e. The first-order valence-electron chi connectivity index (χ1n) is 10.5. The van der Waals surface area contributed by atoms with Crippen LogP contribution in [0.1, 0.15) is 35.7 Å². The number of halogens is 3. The number of thioether (sulfide) groups is 1. The number of piperidine rings is 1. The fourth-order valence-corrected chi connectivity index (χ4v) is 4.27. The van der Waals surface area contributed by atoms with E-state index in [2.05, 4.69) is 10.3 Å². The number of anilines is 2. The van der Waals surface area contributed by atoms with Gasteiger partial charge in [-0.15, -0.1) is 11.8 Å². The molecule has 1 atom stereocenters. The van der Waals surface area contributed by atoms with E-state index in [0.717, 1.165) is 11.0 Å². The zero-order chi connectivity index (χ0) is 24.9. The monoisotopic (exact) mass is 495 g/mol. The smallest absolute Gasteiger partial charge is 0.419 e. The summed E-state index contributed by atoms with van der Waals surface area (Å²) in [7, 11) is 0. The number of aromatic nitrogens is 1. The van der Waals surface area contributed by atoms with Gasteiger partial charge in [0.1, 0.15) is 5.82 Å². The van der Waals surface area contributed by atoms with Crippen LogP contribution in [0.3, 0.4) is 0 Å². The van der Waals surface area contributed by atoms with Crippen molar-refractivity contribution in [2.24, 2.45) is 5.92 Å². The number of carbonyl (C=O) groups is 3. The summed E-state index contributed by atoms with van der Waals surface area (Å²) in [6.07, 6.45) is -0.529. The van der Waals surface area contributed by atoms with Gasteiger partial charge in [0.25, 0.3) is 0 Å². The second kappa shape index (κ2) is 10.9. The van der Waals surface area contributed by atoms with Crippen molar-refractivity contribution >= 4 is 40.9 Å². The number of nitrogens with one attached hydrogen (secondary N) is 1. The van der Waals surface area contributed by atoms with Crippen LogP contribution >= 0.6 is 11.8 Å². The highest BCUT2D eigenvalue weighted by atomic mass is 32.2. The largest absolute Gasteiger partial charge is 0.457 e. The normalized spacial score (nSPS) is 16.1. The minimum atomic E-state index is -4.56. The fraction of sp³-hybridized carbons (Fsp3) is 0.391. The fourth-order valence-electron chi connectivity index (χ4n) is 3.74. The van der Waals surface area contributed by atoms with Crippen molar-refractivity contribution in [1.29, 1.82) is 0 Å². The Labute approximate surface area is 199 Å². The minimum absolute atomic E-state index is 0.0161. The number of carbonyl (C=O) groups excluding carboxylic acids is 3. The molecule has 1 aliphatic rings. The zero-order valence-corrected chi connectivity index (χ0v) is 19.5. The van der Waals surface area contributed by atoms with Gasteiger partial charge in [-0.1, -0.05) is 6.07 Å². The first kappa shape index (κ1) is 25.5. The van der Waals surface area contributed by atoms with Crippen LogP contribution in [0.25, 0.3) is 0 Å². The average Bonchev–Trinajstić information content (AvgIpc) is 2.81. The zero-order valence-electron chi connectivity index (χ0n) is 18.6. The van der Waals surface area contributed by atoms with Crippen molar-refractivity contribution in [1.82, 2.24) is 4.98 Å². The molecule has 0 aliphatic carbocycles. The lowest BCUT2D eigenvalue weighted by Gasteiger charge is -2.33. The quantitative estimate of drug-likeness (QED) is 0.346. The Hall–Kier alpha value is -3.08. The number of esters is 1. The van der Waals surface area contributed by atoms with E-state index in [9.17, 15) is 27.6 Å². The van der Waals surface area contributed by atoms with Crippen LogP contribution < -0.4 is 10.2 Å². The summed E-state index contributed by atoms with van der Waals surface area (Å²) < 4.78 is 45.3. The molecule has 0 saturated carbocycles. The third kappa shape index (κ3) is 6.28. The highest BCUT2D eigenvalue weighted by molar-refractivity contribution is 7.98. The lowest BCUT2D eigenvalue weighted by Crippen LogP contribution is -2.41. The van der Waals surface area contributed by atoms with E-state index in [4.69, 9.17) is 4.74 Å². The number of alkyl halides is 3. The number of Topliss-reactive ketones (excluding diaryl/α,β-unsaturated/α-hetero) is 1. The molecule has 3 rings (SSSR count). The van der Waals surface area contributed by atoms with Crippen LogP contribution in [0.4, 0.5) is 24.7 Å². The topological polar surface area (TPSA) is 88.6 Å². The number of pyridine rings is 1. The summed E-state index contributed by atoms with van der Waals surface area (Å²) in [5, 5.41) is 2.66. The van der Waals surface area contributed by atoms with Crippen LogP contribution in [0.15, 0.2) is 41.4 Å². The Morgan fingerprint density at radius 3 is 2.71 bits per heavy atom. The Morgan fingerprint density at radius 2 is 2.03 bits per heavy atom. The van der Waals surface area contributed by atoms with Crippen LogP contribution in [0.5, 0.6) is 0 Å². The average molecular weight is 496 g/mol. The van der Waals surface area contributed by atoms with E-state index in [1.54, 1.807) is 12.1 Å². The van der Waals surface area contributed by atoms with E-state index in [1.807, 2.05) is 6.26 Å². The van der Waals surface area contributed by atoms with Crippen LogP contribution in [-0.2, 0) is 20.5 Å². The first-order chi connectivity index (χ1) is 16.1. The molecule has 11 heteroatoms. The molecular weight excluding hydrogens is 471 g/mol. The van der Waals surface area contributed by atoms with Crippen LogP contribution in [0, 0.1) is 5.92 Å². The van der Waals surface area contributed by atoms with Gasteiger partial charge in [0.05, 0.1) is 17.2 Å². The van der Waals surface area contributed by atoms with E-state index < -0.39 is 36.0 Å². The second-order valence-corrected chi connectivity index (χ2v) is 8.63. The van der Waals surface area contributed by atoms with Crippen molar-refractivity contribution in [3.8, 4) is 0 Å². The Bertz CT molecular complexity index is 1080. The predicted octanol–water partition coefficient (Wildman–Crippen LogP) is 4.42. The molecule has 1 aliphatic heterocycles. The molecule has 0 spiro atoms. The molecule has 1 N–H and O–H groups in total. The number of amides is 1. The molecule has 182 valence electrons. The molecule has 1 fully saturated rings. The van der Waals surface area contributed by atoms with Crippen LogP contribution in [0.2, 0.25) is 0 Å². The number of rotatable bonds is 7. The number of ketones is 1. The molecular formula is C23H24F3N3O4S. The number of ether oxygens (including phenoxy) is 1. The van der Waals surface area contributed by atoms with Gasteiger partial charge in [0.2, 0.25) is 5.91 Å². The molecule has 1 saturated heterocycles. The number of nitrogens with zero attached hydrogens (tertiary/aromatic N) is 2. The molecule has 1 amide bonds. The highest BCUT2D eigenvalue weighted by Gasteiger charge is 2.37. The number of hydrogen-bond donors (Lipinski definition) is 1. The summed E-state index contributed by atoms with van der Waals surface area (Å²) in [5.74, 6) is -2.29. The predicted molar refractivity (Wildman–Crippen MR) is 122 cm³/mol. The second-order valence-electron chi connectivity index (χ2n) is 7.78. The van der Waals surface area contributed by atoms with Gasteiger partial charge in [-0.3, -0.25) is 14.4 Å². The SMILES string of the molecule is CSc1ccc(C(=O)COC(=O)C2CCCN(c3ncccc3C(F)(F)F)C2)cc1NC(C)=O. The van der Waals surface area contributed by atoms with E-state index in [-0.39, 0.29) is 23.8 Å². The standard InChI is InChI=1S/C23H24F3N3O4S/c1-14(30)28-18-11-15(7-8-20(18)34-2)19(31)13-33-22(32)16-5-4-10-29(12-16)21-17(23(24,25)26)6-3-9-27-21/h3,6-9,11,16H,4-5,10,12-13H2,1-2H3,(H,28,30). The molecule has 1 unspecified atom stereocenters. The third-order valence-corrected chi connectivity index (χ3v) is 6.12. The molecule has 0 bridgehead atoms. The van der Waals surface area contributed by atoms with Crippen molar-refractivity contribution in [3.63, 3.8) is 0 Å². The van der Waals surface area contributed by atoms with Gasteiger partial charge in [-0.05, 0) is 43.4 Å². The number of hydrogen-bond acceptors (Lipinski definition) is 7. The molecule has 1 aromatic heterocycles. The molecule has 2 aromatic rings. The van der Waals surface area contributed by atoms with Gasteiger partial charge in [0, 0.05) is 36.7 Å². The summed E-state index contributed by atoms with van der Waals surface area (Å²) in [6, 6.07) is 6.97. The summed E-state index contributed by atoms with van der Waals surface area (Å²) >= 11 is 1.40. The summed E-state index contributed by atoms with van der Waals surface area (Å²) in [5.41, 5.74) is -0.110. The molecule has 7 nitrogen and oxygen atoms in total. The van der Waals surface area contributed by atoms with Crippen molar-refractivity contribution in [2.75, 3.05) is 36.2 Å². The summed E-state index contributed by atoms with van der Waals surface area (Å²) in [4.78, 5) is 42.7. The highest BCUT2D eigenvalue weighted by Crippen LogP contribution is 2.36. The van der Waals surface area contributed by atoms with Gasteiger partial charge < -0.3 is 15.0 Å². The maximum atomic E-state index is 13.4. The Kier molecular flexibility index (Phi) is 8.19. The lowest BCUT2D eigenvalue weighted by molar-refractivity contribution is -0.147.